The molecule has 7 rings (SSSR count). The van der Waals surface area contributed by atoms with Gasteiger partial charge in [-0.25, -0.2) is 4.79 Å². The maximum Gasteiger partial charge on any atom is 0.342 e. The van der Waals surface area contributed by atoms with Crippen molar-refractivity contribution >= 4 is 17.8 Å². The van der Waals surface area contributed by atoms with E-state index >= 15 is 4.79 Å². The number of hydrogen-bond acceptors (Lipinski definition) is 8. The second kappa shape index (κ2) is 48.0. The van der Waals surface area contributed by atoms with Crippen LogP contribution in [0, 0.1) is 17.8 Å². The van der Waals surface area contributed by atoms with Crippen molar-refractivity contribution in [1.29, 1.82) is 0 Å². The molecule has 5 atom stereocenters. The SMILES string of the molecule is CCCCCCCCCCCCCCCCCCOc1cc(CNC(=O)c2cc(C(C)(C)C)cc3c2Oc2c(C(=O)O[C@H]4C[C@H]5C[C@@H]4[C@H]4NC(=O)C[C@@H]54)cc(C(C)(C)C)cc2C3(C)C)cc(OCCCCCCCCCCCCCCCCCC)c1OCCCCCCCCCCCCCCCCCC. The predicted octanol–water partition coefficient (Wildman–Crippen LogP) is 27.6. The fraction of sp³-hybridized carbons (Fsp3) is 0.779. The van der Waals surface area contributed by atoms with Gasteiger partial charge in [0, 0.05) is 41.5 Å². The van der Waals surface area contributed by atoms with Crippen LogP contribution in [0.25, 0.3) is 0 Å². The lowest BCUT2D eigenvalue weighted by Gasteiger charge is -2.39. The molecule has 2 aliphatic carbocycles. The molecule has 2 N–H and O–H groups in total. The number of amides is 2. The van der Waals surface area contributed by atoms with E-state index in [0.717, 1.165) is 79.2 Å². The van der Waals surface area contributed by atoms with Crippen molar-refractivity contribution in [1.82, 2.24) is 10.6 Å². The van der Waals surface area contributed by atoms with E-state index < -0.39 is 11.4 Å². The van der Waals surface area contributed by atoms with Crippen molar-refractivity contribution in [3.05, 3.63) is 75.3 Å². The first-order valence-electron chi connectivity index (χ1n) is 44.7. The maximum absolute atomic E-state index is 15.4. The standard InChI is InChI=1S/C95H156N2O8/c1-12-15-18-21-24-27-30-33-36-39-42-45-48-51-54-57-60-101-84-63-73(64-85(102-61-58-55-52-49-46-43-40-37-34-31-28-25-22-19-16-13-2)90(84)103-62-59-56-53-50-47-44-41-38-35-32-29-26-23-20-17-14-3)72-96-91(99)79-67-75(93(4,5)6)69-81-88(79)105-89-80(68-76(94(7,8)9)70-82(89)95(81,10)11)92(100)104-83-66-74-65-78(83)87-77(74)71-86(98)97-87/h63-64,67-70,74,77-78,83,87H,12-62,65-66,71-72H2,1-11H3,(H,96,99)(H,97,98)/t74-,77+,78+,83+,87+/m1/s1. The van der Waals surface area contributed by atoms with Gasteiger partial charge in [-0.15, -0.1) is 0 Å². The fourth-order valence-corrected chi connectivity index (χ4v) is 17.4. The van der Waals surface area contributed by atoms with E-state index in [1.165, 1.54) is 270 Å². The zero-order valence-electron chi connectivity index (χ0n) is 69.5. The number of rotatable bonds is 59. The topological polar surface area (TPSA) is 121 Å². The van der Waals surface area contributed by atoms with Crippen molar-refractivity contribution in [2.45, 2.75) is 439 Å². The monoisotopic (exact) mass is 1450 g/mol. The lowest BCUT2D eigenvalue weighted by Crippen LogP contribution is -2.42. The first-order chi connectivity index (χ1) is 50.8. The quantitative estimate of drug-likeness (QED) is 0.0423. The third-order valence-electron chi connectivity index (χ3n) is 24.3. The molecule has 2 aliphatic heterocycles. The molecule has 0 aromatic heterocycles. The van der Waals surface area contributed by atoms with E-state index in [-0.39, 0.29) is 47.3 Å². The van der Waals surface area contributed by atoms with Crippen LogP contribution in [0.2, 0.25) is 0 Å². The van der Waals surface area contributed by atoms with Crippen LogP contribution in [0.1, 0.15) is 452 Å². The Morgan fingerprint density at radius 3 is 1.16 bits per heavy atom. The number of esters is 1. The molecule has 3 aromatic rings. The summed E-state index contributed by atoms with van der Waals surface area (Å²) in [6, 6.07) is 12.6. The van der Waals surface area contributed by atoms with Crippen molar-refractivity contribution in [3.63, 3.8) is 0 Å². The molecule has 2 saturated carbocycles. The summed E-state index contributed by atoms with van der Waals surface area (Å²) in [4.78, 5) is 43.0. The summed E-state index contributed by atoms with van der Waals surface area (Å²) < 4.78 is 34.4. The van der Waals surface area contributed by atoms with Gasteiger partial charge in [0.05, 0.1) is 25.4 Å². The van der Waals surface area contributed by atoms with E-state index in [9.17, 15) is 9.59 Å². The minimum Gasteiger partial charge on any atom is -0.490 e. The Hall–Kier alpha value is -4.73. The molecule has 0 unspecified atom stereocenters. The van der Waals surface area contributed by atoms with Gasteiger partial charge in [-0.3, -0.25) is 9.59 Å². The number of benzene rings is 3. The Labute approximate surface area is 643 Å². The van der Waals surface area contributed by atoms with Crippen LogP contribution in [0.5, 0.6) is 28.7 Å². The Bertz CT molecular complexity index is 2890. The molecule has 1 saturated heterocycles. The maximum atomic E-state index is 15.4. The van der Waals surface area contributed by atoms with Gasteiger partial charge < -0.3 is 34.3 Å². The molecular formula is C95H156N2O8. The smallest absolute Gasteiger partial charge is 0.342 e. The third kappa shape index (κ3) is 29.9. The number of unbranched alkanes of at least 4 members (excludes halogenated alkanes) is 45. The summed E-state index contributed by atoms with van der Waals surface area (Å²) >= 11 is 0. The van der Waals surface area contributed by atoms with Gasteiger partial charge in [-0.2, -0.15) is 0 Å². The van der Waals surface area contributed by atoms with E-state index in [1.807, 2.05) is 12.1 Å². The minimum atomic E-state index is -0.678. The zero-order valence-corrected chi connectivity index (χ0v) is 69.5. The average Bonchev–Trinajstić information content (AvgIpc) is 1.23. The summed E-state index contributed by atoms with van der Waals surface area (Å²) in [7, 11) is 0. The van der Waals surface area contributed by atoms with Crippen molar-refractivity contribution in [2.75, 3.05) is 19.8 Å². The molecule has 3 fully saturated rings. The number of hydrogen-bond donors (Lipinski definition) is 2. The third-order valence-corrected chi connectivity index (χ3v) is 24.3. The number of ether oxygens (including phenoxy) is 5. The van der Waals surface area contributed by atoms with Crippen molar-refractivity contribution in [2.24, 2.45) is 17.8 Å². The van der Waals surface area contributed by atoms with Crippen LogP contribution in [0.15, 0.2) is 36.4 Å². The van der Waals surface area contributed by atoms with Crippen LogP contribution in [0.4, 0.5) is 0 Å². The van der Waals surface area contributed by atoms with Gasteiger partial charge in [0.2, 0.25) is 11.7 Å². The molecule has 0 radical (unpaired) electrons. The molecular weight excluding hydrogens is 1300 g/mol. The van der Waals surface area contributed by atoms with Crippen molar-refractivity contribution in [3.8, 4) is 28.7 Å². The number of carbonyl (C=O) groups excluding carboxylic acids is 3. The minimum absolute atomic E-state index is 0.0500. The van der Waals surface area contributed by atoms with E-state index in [1.54, 1.807) is 0 Å². The van der Waals surface area contributed by atoms with E-state index in [0.29, 0.717) is 78.0 Å². The van der Waals surface area contributed by atoms with Gasteiger partial charge in [0.25, 0.3) is 5.91 Å². The largest absolute Gasteiger partial charge is 0.490 e. The van der Waals surface area contributed by atoms with Gasteiger partial charge in [-0.1, -0.05) is 377 Å². The van der Waals surface area contributed by atoms with Crippen LogP contribution >= 0.6 is 0 Å². The highest BCUT2D eigenvalue weighted by molar-refractivity contribution is 5.99. The zero-order chi connectivity index (χ0) is 75.1. The number of nitrogens with one attached hydrogen (secondary N) is 2. The van der Waals surface area contributed by atoms with E-state index in [4.69, 9.17) is 23.7 Å². The van der Waals surface area contributed by atoms with Gasteiger partial charge >= 0.3 is 5.97 Å². The normalized spacial score (nSPS) is 17.9. The lowest BCUT2D eigenvalue weighted by molar-refractivity contribution is -0.119. The molecule has 0 spiro atoms. The molecule has 10 heteroatoms. The highest BCUT2D eigenvalue weighted by Crippen LogP contribution is 2.56. The summed E-state index contributed by atoms with van der Waals surface area (Å²) in [5.74, 6) is 3.11. The average molecular weight is 1450 g/mol. The van der Waals surface area contributed by atoms with Crippen LogP contribution in [-0.2, 0) is 32.3 Å². The molecule has 594 valence electrons. The Morgan fingerprint density at radius 1 is 0.448 bits per heavy atom. The lowest BCUT2D eigenvalue weighted by atomic mass is 9.70. The highest BCUT2D eigenvalue weighted by Gasteiger charge is 2.57. The summed E-state index contributed by atoms with van der Waals surface area (Å²) in [6.07, 6.45) is 65.3. The van der Waals surface area contributed by atoms with Gasteiger partial charge in [0.15, 0.2) is 11.5 Å². The summed E-state index contributed by atoms with van der Waals surface area (Å²) in [5, 5.41) is 6.60. The van der Waals surface area contributed by atoms with Crippen molar-refractivity contribution < 1.29 is 38.1 Å². The number of carbonyl (C=O) groups is 3. The van der Waals surface area contributed by atoms with Crippen LogP contribution in [0.3, 0.4) is 0 Å². The van der Waals surface area contributed by atoms with Crippen LogP contribution < -0.4 is 29.6 Å². The van der Waals surface area contributed by atoms with Crippen LogP contribution in [-0.4, -0.2) is 49.8 Å². The molecule has 2 amide bonds. The Balaban J connectivity index is 1.05. The van der Waals surface area contributed by atoms with Gasteiger partial charge in [-0.05, 0) is 95.7 Å². The van der Waals surface area contributed by atoms with E-state index in [2.05, 4.69) is 111 Å². The Kier molecular flexibility index (Phi) is 40.0. The highest BCUT2D eigenvalue weighted by atomic mass is 16.6. The molecule has 4 aliphatic rings. The molecule has 2 heterocycles. The number of fused-ring (bicyclic) bond motifs is 7. The summed E-state index contributed by atoms with van der Waals surface area (Å²) in [6.45, 7) is 26.3. The second-order valence-corrected chi connectivity index (χ2v) is 35.9. The predicted molar refractivity (Wildman–Crippen MR) is 441 cm³/mol. The fourth-order valence-electron chi connectivity index (χ4n) is 17.4. The molecule has 10 nitrogen and oxygen atoms in total. The molecule has 2 bridgehead atoms. The molecule has 105 heavy (non-hydrogen) atoms. The first-order valence-corrected chi connectivity index (χ1v) is 44.7. The molecule has 3 aromatic carbocycles. The Morgan fingerprint density at radius 2 is 0.790 bits per heavy atom. The first kappa shape index (κ1) is 87.5. The second-order valence-electron chi connectivity index (χ2n) is 35.9. The summed E-state index contributed by atoms with van der Waals surface area (Å²) in [5.41, 5.74) is 4.20. The van der Waals surface area contributed by atoms with Gasteiger partial charge in [0.1, 0.15) is 23.2 Å².